The number of hydrogen-bond acceptors (Lipinski definition) is 3. The van der Waals surface area contributed by atoms with Crippen molar-refractivity contribution in [3.05, 3.63) is 112 Å². The second-order valence-corrected chi connectivity index (χ2v) is 6.67. The van der Waals surface area contributed by atoms with Crippen molar-refractivity contribution >= 4 is 16.7 Å². The number of ketones is 1. The standard InChI is InChI=1S/C24H18FNO3/c1-29-18-12-10-16(11-13-18)23(27)20-15-26(14-17-6-2-4-8-21(17)25)22-9-5-3-7-19(22)24(20)28/h2-13,15H,14H2,1H3. The molecule has 0 aliphatic heterocycles. The summed E-state index contributed by atoms with van der Waals surface area (Å²) < 4.78 is 21.1. The van der Waals surface area contributed by atoms with Crippen molar-refractivity contribution in [3.8, 4) is 5.75 Å². The van der Waals surface area contributed by atoms with Crippen LogP contribution in [0.15, 0.2) is 83.8 Å². The van der Waals surface area contributed by atoms with Crippen molar-refractivity contribution in [1.29, 1.82) is 0 Å². The van der Waals surface area contributed by atoms with Crippen molar-refractivity contribution in [2.24, 2.45) is 0 Å². The molecule has 144 valence electrons. The summed E-state index contributed by atoms with van der Waals surface area (Å²) in [6, 6.07) is 20.1. The van der Waals surface area contributed by atoms with E-state index in [0.717, 1.165) is 0 Å². The molecule has 0 radical (unpaired) electrons. The van der Waals surface area contributed by atoms with Gasteiger partial charge in [-0.1, -0.05) is 30.3 Å². The molecule has 0 unspecified atom stereocenters. The first-order chi connectivity index (χ1) is 14.1. The number of ether oxygens (including phenoxy) is 1. The molecule has 0 spiro atoms. The number of benzene rings is 3. The zero-order valence-corrected chi connectivity index (χ0v) is 15.8. The number of nitrogens with zero attached hydrogens (tertiary/aromatic N) is 1. The molecule has 4 nitrogen and oxygen atoms in total. The predicted molar refractivity (Wildman–Crippen MR) is 110 cm³/mol. The molecular formula is C24H18FNO3. The van der Waals surface area contributed by atoms with Crippen LogP contribution < -0.4 is 10.2 Å². The fourth-order valence-corrected chi connectivity index (χ4v) is 3.35. The monoisotopic (exact) mass is 387 g/mol. The number of carbonyl (C=O) groups is 1. The first-order valence-electron chi connectivity index (χ1n) is 9.13. The van der Waals surface area contributed by atoms with Crippen molar-refractivity contribution in [2.75, 3.05) is 7.11 Å². The summed E-state index contributed by atoms with van der Waals surface area (Å²) in [5.74, 6) is -0.0963. The highest BCUT2D eigenvalue weighted by Gasteiger charge is 2.17. The van der Waals surface area contributed by atoms with Crippen molar-refractivity contribution in [2.45, 2.75) is 6.54 Å². The van der Waals surface area contributed by atoms with Crippen LogP contribution in [0.5, 0.6) is 5.75 Å². The Morgan fingerprint density at radius 1 is 0.966 bits per heavy atom. The number of hydrogen-bond donors (Lipinski definition) is 0. The molecule has 0 fully saturated rings. The first-order valence-corrected chi connectivity index (χ1v) is 9.13. The minimum Gasteiger partial charge on any atom is -0.497 e. The molecule has 4 rings (SSSR count). The van der Waals surface area contributed by atoms with E-state index < -0.39 is 0 Å². The summed E-state index contributed by atoms with van der Waals surface area (Å²) in [4.78, 5) is 26.1. The van der Waals surface area contributed by atoms with E-state index in [9.17, 15) is 14.0 Å². The van der Waals surface area contributed by atoms with Gasteiger partial charge >= 0.3 is 0 Å². The fourth-order valence-electron chi connectivity index (χ4n) is 3.35. The lowest BCUT2D eigenvalue weighted by Crippen LogP contribution is -2.20. The Hall–Kier alpha value is -3.73. The summed E-state index contributed by atoms with van der Waals surface area (Å²) in [7, 11) is 1.54. The highest BCUT2D eigenvalue weighted by atomic mass is 19.1. The van der Waals surface area contributed by atoms with Gasteiger partial charge in [0.2, 0.25) is 5.43 Å². The highest BCUT2D eigenvalue weighted by molar-refractivity contribution is 6.10. The normalized spacial score (nSPS) is 10.8. The Kier molecular flexibility index (Phi) is 4.96. The Morgan fingerprint density at radius 2 is 1.66 bits per heavy atom. The Labute approximate surface area is 166 Å². The molecule has 1 aromatic heterocycles. The molecule has 0 saturated heterocycles. The summed E-state index contributed by atoms with van der Waals surface area (Å²) in [6.07, 6.45) is 1.52. The minimum atomic E-state index is -0.384. The van der Waals surface area contributed by atoms with Crippen LogP contribution in [0.1, 0.15) is 21.5 Å². The predicted octanol–water partition coefficient (Wildman–Crippen LogP) is 4.43. The average molecular weight is 387 g/mol. The van der Waals surface area contributed by atoms with Gasteiger partial charge in [0.15, 0.2) is 5.78 Å². The molecule has 1 heterocycles. The van der Waals surface area contributed by atoms with E-state index in [-0.39, 0.29) is 29.1 Å². The Morgan fingerprint density at radius 3 is 2.38 bits per heavy atom. The largest absolute Gasteiger partial charge is 0.497 e. The zero-order valence-electron chi connectivity index (χ0n) is 15.8. The molecule has 0 saturated carbocycles. The molecule has 29 heavy (non-hydrogen) atoms. The van der Waals surface area contributed by atoms with Crippen LogP contribution in [0.4, 0.5) is 4.39 Å². The van der Waals surface area contributed by atoms with Crippen LogP contribution in [-0.4, -0.2) is 17.5 Å². The van der Waals surface area contributed by atoms with Gasteiger partial charge < -0.3 is 9.30 Å². The van der Waals surface area contributed by atoms with Gasteiger partial charge in [-0.3, -0.25) is 9.59 Å². The average Bonchev–Trinajstić information content (AvgIpc) is 2.77. The molecule has 4 aromatic rings. The molecule has 0 aliphatic carbocycles. The van der Waals surface area contributed by atoms with Gasteiger partial charge in [0, 0.05) is 22.7 Å². The van der Waals surface area contributed by atoms with E-state index in [1.165, 1.54) is 12.3 Å². The third-order valence-corrected chi connectivity index (χ3v) is 4.88. The van der Waals surface area contributed by atoms with Gasteiger partial charge in [-0.15, -0.1) is 0 Å². The summed E-state index contributed by atoms with van der Waals surface area (Å²) in [5.41, 5.74) is 1.21. The number of carbonyl (C=O) groups excluding carboxylic acids is 1. The van der Waals surface area contributed by atoms with Gasteiger partial charge in [-0.25, -0.2) is 4.39 Å². The van der Waals surface area contributed by atoms with Crippen LogP contribution in [0.2, 0.25) is 0 Å². The lowest BCUT2D eigenvalue weighted by Gasteiger charge is -2.14. The maximum Gasteiger partial charge on any atom is 0.200 e. The van der Waals surface area contributed by atoms with Crippen molar-refractivity contribution in [3.63, 3.8) is 0 Å². The number of fused-ring (bicyclic) bond motifs is 1. The second-order valence-electron chi connectivity index (χ2n) is 6.67. The summed E-state index contributed by atoms with van der Waals surface area (Å²) >= 11 is 0. The second kappa shape index (κ2) is 7.72. The topological polar surface area (TPSA) is 48.3 Å². The molecular weight excluding hydrogens is 369 g/mol. The van der Waals surface area contributed by atoms with Gasteiger partial charge in [-0.05, 0) is 42.5 Å². The van der Waals surface area contributed by atoms with Crippen LogP contribution in [0, 0.1) is 5.82 Å². The molecule has 0 atom stereocenters. The van der Waals surface area contributed by atoms with E-state index in [1.54, 1.807) is 72.3 Å². The lowest BCUT2D eigenvalue weighted by molar-refractivity contribution is 0.103. The zero-order chi connectivity index (χ0) is 20.4. The maximum absolute atomic E-state index is 14.2. The van der Waals surface area contributed by atoms with Gasteiger partial charge in [-0.2, -0.15) is 0 Å². The SMILES string of the molecule is COc1ccc(C(=O)c2cn(Cc3ccccc3F)c3ccccc3c2=O)cc1. The van der Waals surface area contributed by atoms with E-state index in [2.05, 4.69) is 0 Å². The first kappa shape index (κ1) is 18.6. The van der Waals surface area contributed by atoms with E-state index >= 15 is 0 Å². The molecule has 0 bridgehead atoms. The van der Waals surface area contributed by atoms with Gasteiger partial charge in [0.1, 0.15) is 11.6 Å². The Balaban J connectivity index is 1.86. The van der Waals surface area contributed by atoms with E-state index in [4.69, 9.17) is 4.74 Å². The molecule has 0 amide bonds. The highest BCUT2D eigenvalue weighted by Crippen LogP contribution is 2.18. The van der Waals surface area contributed by atoms with Crippen molar-refractivity contribution in [1.82, 2.24) is 4.57 Å². The van der Waals surface area contributed by atoms with Crippen molar-refractivity contribution < 1.29 is 13.9 Å². The molecule has 5 heteroatoms. The summed E-state index contributed by atoms with van der Waals surface area (Å²) in [5, 5.41) is 0.420. The number of rotatable bonds is 5. The number of pyridine rings is 1. The number of methoxy groups -OCH3 is 1. The number of para-hydroxylation sites is 1. The fraction of sp³-hybridized carbons (Fsp3) is 0.0833. The van der Waals surface area contributed by atoms with E-state index in [1.807, 2.05) is 6.07 Å². The third-order valence-electron chi connectivity index (χ3n) is 4.88. The number of halogens is 1. The molecule has 3 aromatic carbocycles. The number of aromatic nitrogens is 1. The molecule has 0 aliphatic rings. The lowest BCUT2D eigenvalue weighted by atomic mass is 10.0. The summed E-state index contributed by atoms with van der Waals surface area (Å²) in [6.45, 7) is 0.205. The maximum atomic E-state index is 14.2. The minimum absolute atomic E-state index is 0.0465. The van der Waals surface area contributed by atoms with Crippen LogP contribution in [-0.2, 0) is 6.54 Å². The van der Waals surface area contributed by atoms with E-state index in [0.29, 0.717) is 27.8 Å². The smallest absolute Gasteiger partial charge is 0.200 e. The quantitative estimate of drug-likeness (QED) is 0.476. The van der Waals surface area contributed by atoms with Crippen LogP contribution in [0.3, 0.4) is 0 Å². The Bertz CT molecular complexity index is 1260. The van der Waals surface area contributed by atoms with Crippen LogP contribution in [0.25, 0.3) is 10.9 Å². The van der Waals surface area contributed by atoms with Gasteiger partial charge in [0.05, 0.1) is 24.7 Å². The molecule has 0 N–H and O–H groups in total. The van der Waals surface area contributed by atoms with Crippen LogP contribution >= 0.6 is 0 Å². The van der Waals surface area contributed by atoms with Gasteiger partial charge in [0.25, 0.3) is 0 Å². The third kappa shape index (κ3) is 3.55.